The molecule has 12 heteroatoms. The lowest BCUT2D eigenvalue weighted by atomic mass is 9.73. The number of nitrogens with zero attached hydrogens (tertiary/aromatic N) is 4. The number of rotatable bonds is 9. The predicted octanol–water partition coefficient (Wildman–Crippen LogP) is 2.52. The Hall–Kier alpha value is -2.81. The van der Waals surface area contributed by atoms with Crippen LogP contribution in [0.25, 0.3) is 11.3 Å². The molecule has 3 aromatic heterocycles. The van der Waals surface area contributed by atoms with Gasteiger partial charge in [-0.2, -0.15) is 0 Å². The number of pyridine rings is 3. The van der Waals surface area contributed by atoms with E-state index in [2.05, 4.69) is 27.3 Å². The van der Waals surface area contributed by atoms with E-state index in [0.29, 0.717) is 67.3 Å². The molecule has 0 amide bonds. The first-order valence-corrected chi connectivity index (χ1v) is 14.8. The average molecular weight is 724 g/mol. The molecule has 2 aliphatic rings. The first kappa shape index (κ1) is 34.1. The number of alkyl halides is 2. The summed E-state index contributed by atoms with van der Waals surface area (Å²) in [5.41, 5.74) is 1.61. The molecule has 4 heterocycles. The van der Waals surface area contributed by atoms with E-state index in [1.54, 1.807) is 13.1 Å². The van der Waals surface area contributed by atoms with Crippen LogP contribution in [0.5, 0.6) is 0 Å². The Morgan fingerprint density at radius 1 is 1.11 bits per heavy atom. The van der Waals surface area contributed by atoms with E-state index in [9.17, 15) is 18.7 Å². The van der Waals surface area contributed by atoms with Crippen molar-refractivity contribution in [2.75, 3.05) is 45.4 Å². The van der Waals surface area contributed by atoms with Crippen molar-refractivity contribution in [1.82, 2.24) is 15.0 Å². The summed E-state index contributed by atoms with van der Waals surface area (Å²) in [6, 6.07) is 9.98. The topological polar surface area (TPSA) is 106 Å². The molecule has 1 saturated carbocycles. The Labute approximate surface area is 274 Å². The first-order valence-electron chi connectivity index (χ1n) is 14.8. The van der Waals surface area contributed by atoms with Gasteiger partial charge in [0.05, 0.1) is 37.6 Å². The summed E-state index contributed by atoms with van der Waals surface area (Å²) in [7, 11) is 2.09. The number of carbonyl (C=O) groups excluding carboxylic acids is 1. The maximum absolute atomic E-state index is 13.1. The van der Waals surface area contributed by atoms with Crippen molar-refractivity contribution in [3.8, 4) is 11.3 Å². The minimum atomic E-state index is -2.59. The quantitative estimate of drug-likeness (QED) is 0.197. The fourth-order valence-electron chi connectivity index (χ4n) is 5.86. The standard InChI is InChI=1S/C32H40F2N5O4.HI/c1-21-16-26(37-29(17-21)38-28-18-23(30(33)34)10-11-35-28)24-6-9-27(36-19-24)32(2,41)25-7-4-22(5-8-25)31(40)43-20-39(3)12-14-42-15-13-39;/h6,9-11,16-19,22,25,30,41H,4-5,7-8,12-15,20H2,1-3H3,(H,35,37,38);1H/q+1;/p-1/t22-,25-,32-;/m1./s1. The Bertz CT molecular complexity index is 1410. The van der Waals surface area contributed by atoms with Crippen LogP contribution in [-0.2, 0) is 19.9 Å². The molecular weight excluding hydrogens is 683 g/mol. The second-order valence-electron chi connectivity index (χ2n) is 12.2. The van der Waals surface area contributed by atoms with Crippen molar-refractivity contribution in [3.63, 3.8) is 0 Å². The zero-order valence-electron chi connectivity index (χ0n) is 25.3. The monoisotopic (exact) mass is 723 g/mol. The van der Waals surface area contributed by atoms with Gasteiger partial charge < -0.3 is 43.9 Å². The second kappa shape index (κ2) is 14.5. The van der Waals surface area contributed by atoms with Crippen molar-refractivity contribution in [2.24, 2.45) is 11.8 Å². The summed E-state index contributed by atoms with van der Waals surface area (Å²) >= 11 is 0. The third-order valence-corrected chi connectivity index (χ3v) is 8.76. The van der Waals surface area contributed by atoms with Gasteiger partial charge >= 0.3 is 5.97 Å². The normalized spacial score (nSPS) is 21.2. The molecule has 1 aliphatic heterocycles. The van der Waals surface area contributed by atoms with Crippen LogP contribution in [-0.4, -0.2) is 70.6 Å². The highest BCUT2D eigenvalue weighted by atomic mass is 127. The van der Waals surface area contributed by atoms with Gasteiger partial charge in [-0.15, -0.1) is 0 Å². The summed E-state index contributed by atoms with van der Waals surface area (Å²) in [5.74, 6) is 0.410. The number of hydrogen-bond donors (Lipinski definition) is 2. The number of morpholine rings is 1. The number of ether oxygens (including phenoxy) is 2. The number of anilines is 2. The Kier molecular flexibility index (Phi) is 11.2. The van der Waals surface area contributed by atoms with Crippen molar-refractivity contribution >= 4 is 17.6 Å². The lowest BCUT2D eigenvalue weighted by Gasteiger charge is -2.38. The zero-order valence-corrected chi connectivity index (χ0v) is 27.5. The molecule has 9 nitrogen and oxygen atoms in total. The van der Waals surface area contributed by atoms with Gasteiger partial charge in [-0.25, -0.2) is 18.7 Å². The Balaban J connectivity index is 0.00000442. The molecule has 0 spiro atoms. The molecule has 2 N–H and O–H groups in total. The van der Waals surface area contributed by atoms with Crippen LogP contribution in [0, 0.1) is 18.8 Å². The zero-order chi connectivity index (χ0) is 30.6. The maximum Gasteiger partial charge on any atom is 0.313 e. The number of carbonyl (C=O) groups is 1. The summed E-state index contributed by atoms with van der Waals surface area (Å²) < 4.78 is 38.0. The third kappa shape index (κ3) is 8.26. The van der Waals surface area contributed by atoms with E-state index >= 15 is 0 Å². The highest BCUT2D eigenvalue weighted by Crippen LogP contribution is 2.41. The molecule has 1 saturated heterocycles. The van der Waals surface area contributed by atoms with E-state index in [0.717, 1.165) is 24.2 Å². The van der Waals surface area contributed by atoms with Crippen LogP contribution in [0.3, 0.4) is 0 Å². The lowest BCUT2D eigenvalue weighted by Crippen LogP contribution is -3.00. The number of hydrogen-bond acceptors (Lipinski definition) is 8. The SMILES string of the molecule is Cc1cc(Nc2cc(C(F)F)ccn2)nc(-c2ccc([C@](C)(O)[C@H]3CC[C@H](C(=O)OC[N+]4(C)CCOCC4)CC3)nc2)c1.[I-]. The van der Waals surface area contributed by atoms with Crippen molar-refractivity contribution in [3.05, 3.63) is 65.6 Å². The van der Waals surface area contributed by atoms with Gasteiger partial charge in [0.25, 0.3) is 6.43 Å². The smallest absolute Gasteiger partial charge is 0.313 e. The number of esters is 1. The highest BCUT2D eigenvalue weighted by Gasteiger charge is 2.40. The molecule has 238 valence electrons. The molecule has 5 rings (SSSR count). The van der Waals surface area contributed by atoms with Gasteiger partial charge in [0.1, 0.15) is 30.3 Å². The Morgan fingerprint density at radius 2 is 1.84 bits per heavy atom. The van der Waals surface area contributed by atoms with Crippen LogP contribution in [0.1, 0.15) is 55.9 Å². The minimum absolute atomic E-state index is 0. The number of likely N-dealkylation sites (N-methyl/N-ethyl adjacent to an activating group) is 1. The van der Waals surface area contributed by atoms with Crippen LogP contribution in [0.2, 0.25) is 0 Å². The third-order valence-electron chi connectivity index (χ3n) is 8.76. The number of aliphatic hydroxyl groups is 1. The minimum Gasteiger partial charge on any atom is -1.00 e. The van der Waals surface area contributed by atoms with E-state index in [1.165, 1.54) is 18.3 Å². The Morgan fingerprint density at radius 3 is 2.50 bits per heavy atom. The molecule has 0 aromatic carbocycles. The molecule has 1 aliphatic carbocycles. The van der Waals surface area contributed by atoms with Gasteiger partial charge in [0.2, 0.25) is 6.73 Å². The maximum atomic E-state index is 13.1. The van der Waals surface area contributed by atoms with E-state index in [1.807, 2.05) is 31.2 Å². The van der Waals surface area contributed by atoms with Crippen LogP contribution >= 0.6 is 0 Å². The summed E-state index contributed by atoms with van der Waals surface area (Å²) in [4.78, 5) is 26.2. The number of nitrogens with one attached hydrogen (secondary N) is 1. The van der Waals surface area contributed by atoms with Gasteiger partial charge in [-0.1, -0.05) is 0 Å². The average Bonchev–Trinajstić information content (AvgIpc) is 3.00. The number of quaternary nitrogens is 1. The van der Waals surface area contributed by atoms with Crippen molar-refractivity contribution in [1.29, 1.82) is 0 Å². The largest absolute Gasteiger partial charge is 1.00 e. The number of halogens is 3. The fourth-order valence-corrected chi connectivity index (χ4v) is 5.86. The highest BCUT2D eigenvalue weighted by molar-refractivity contribution is 5.72. The van der Waals surface area contributed by atoms with Gasteiger partial charge in [0, 0.05) is 23.5 Å². The first-order chi connectivity index (χ1) is 20.5. The molecule has 1 atom stereocenters. The van der Waals surface area contributed by atoms with Gasteiger partial charge in [0.15, 0.2) is 0 Å². The second-order valence-corrected chi connectivity index (χ2v) is 12.2. The molecule has 3 aromatic rings. The molecule has 0 bridgehead atoms. The lowest BCUT2D eigenvalue weighted by molar-refractivity contribution is -0.932. The van der Waals surface area contributed by atoms with Gasteiger partial charge in [-0.3, -0.25) is 14.3 Å². The molecular formula is C32H40F2IN5O4. The van der Waals surface area contributed by atoms with E-state index in [-0.39, 0.29) is 53.2 Å². The molecule has 2 fully saturated rings. The van der Waals surface area contributed by atoms with Crippen LogP contribution in [0.15, 0.2) is 48.8 Å². The van der Waals surface area contributed by atoms with Crippen molar-refractivity contribution < 1.29 is 56.6 Å². The summed E-state index contributed by atoms with van der Waals surface area (Å²) in [6.45, 7) is 7.11. The predicted molar refractivity (Wildman–Crippen MR) is 157 cm³/mol. The van der Waals surface area contributed by atoms with Crippen molar-refractivity contribution in [2.45, 2.75) is 51.6 Å². The fraction of sp³-hybridized carbons (Fsp3) is 0.500. The number of aromatic nitrogens is 3. The van der Waals surface area contributed by atoms with E-state index < -0.39 is 12.0 Å². The van der Waals surface area contributed by atoms with Crippen LogP contribution in [0.4, 0.5) is 20.4 Å². The molecule has 44 heavy (non-hydrogen) atoms. The molecule has 0 radical (unpaired) electrons. The van der Waals surface area contributed by atoms with Gasteiger partial charge in [-0.05, 0) is 87.4 Å². The molecule has 0 unspecified atom stereocenters. The summed E-state index contributed by atoms with van der Waals surface area (Å²) in [5, 5.41) is 14.6. The van der Waals surface area contributed by atoms with E-state index in [4.69, 9.17) is 9.47 Å². The van der Waals surface area contributed by atoms with Crippen LogP contribution < -0.4 is 29.3 Å². The number of aryl methyl sites for hydroxylation is 1. The summed E-state index contributed by atoms with van der Waals surface area (Å²) in [6.07, 6.45) is 3.17.